The summed E-state index contributed by atoms with van der Waals surface area (Å²) in [4.78, 5) is 30.9. The Kier molecular flexibility index (Phi) is 7.66. The number of hydrogen-bond donors (Lipinski definition) is 1. The van der Waals surface area contributed by atoms with E-state index in [0.29, 0.717) is 36.6 Å². The highest BCUT2D eigenvalue weighted by atomic mass is 32.2. The summed E-state index contributed by atoms with van der Waals surface area (Å²) < 4.78 is 32.7. The molecule has 2 aromatic carbocycles. The van der Waals surface area contributed by atoms with Crippen LogP contribution in [-0.2, 0) is 16.6 Å². The number of nitrogens with zero attached hydrogens (tertiary/aromatic N) is 3. The molecule has 1 saturated heterocycles. The number of pyridine rings is 1. The second kappa shape index (κ2) is 10.9. The molecule has 2 heterocycles. The second-order valence-electron chi connectivity index (χ2n) is 8.38. The minimum atomic E-state index is -3.69. The van der Waals surface area contributed by atoms with E-state index in [2.05, 4.69) is 10.3 Å². The maximum absolute atomic E-state index is 13.1. The average molecular weight is 509 g/mol. The highest BCUT2D eigenvalue weighted by molar-refractivity contribution is 7.89. The van der Waals surface area contributed by atoms with E-state index in [1.807, 2.05) is 29.2 Å². The van der Waals surface area contributed by atoms with Gasteiger partial charge in [0.05, 0.1) is 17.6 Å². The van der Waals surface area contributed by atoms with Crippen molar-refractivity contribution in [3.63, 3.8) is 0 Å². The van der Waals surface area contributed by atoms with Crippen LogP contribution in [0.3, 0.4) is 0 Å². The van der Waals surface area contributed by atoms with Crippen molar-refractivity contribution in [2.75, 3.05) is 38.2 Å². The fraction of sp³-hybridized carbons (Fsp3) is 0.269. The van der Waals surface area contributed by atoms with Gasteiger partial charge in [0.1, 0.15) is 11.6 Å². The van der Waals surface area contributed by atoms with E-state index in [0.717, 1.165) is 11.3 Å². The van der Waals surface area contributed by atoms with Gasteiger partial charge in [0.2, 0.25) is 10.0 Å². The highest BCUT2D eigenvalue weighted by Gasteiger charge is 2.30. The Labute approximate surface area is 210 Å². The van der Waals surface area contributed by atoms with Crippen LogP contribution >= 0.6 is 0 Å². The first-order chi connectivity index (χ1) is 17.3. The molecule has 36 heavy (non-hydrogen) atoms. The quantitative estimate of drug-likeness (QED) is 0.466. The predicted octanol–water partition coefficient (Wildman–Crippen LogP) is 2.73. The Morgan fingerprint density at radius 2 is 1.64 bits per heavy atom. The van der Waals surface area contributed by atoms with E-state index >= 15 is 0 Å². The molecular weight excluding hydrogens is 480 g/mol. The molecule has 0 saturated carbocycles. The second-order valence-corrected chi connectivity index (χ2v) is 10.3. The van der Waals surface area contributed by atoms with Crippen molar-refractivity contribution < 1.29 is 22.7 Å². The lowest BCUT2D eigenvalue weighted by molar-refractivity contribution is 0.0950. The molecule has 1 amide bonds. The number of aromatic nitrogens is 1. The average Bonchev–Trinajstić information content (AvgIpc) is 2.92. The molecular formula is C26H28N4O5S. The van der Waals surface area contributed by atoms with E-state index in [4.69, 9.17) is 4.74 Å². The molecule has 1 fully saturated rings. The number of ether oxygens (including phenoxy) is 1. The fourth-order valence-electron chi connectivity index (χ4n) is 4.00. The summed E-state index contributed by atoms with van der Waals surface area (Å²) in [5.41, 5.74) is 1.83. The summed E-state index contributed by atoms with van der Waals surface area (Å²) in [6.07, 6.45) is 1.62. The van der Waals surface area contributed by atoms with Crippen molar-refractivity contribution in [1.29, 1.82) is 0 Å². The Bertz CT molecular complexity index is 1330. The zero-order valence-corrected chi connectivity index (χ0v) is 21.0. The minimum absolute atomic E-state index is 0.119. The third-order valence-corrected chi connectivity index (χ3v) is 7.99. The molecule has 0 unspecified atom stereocenters. The van der Waals surface area contributed by atoms with Crippen LogP contribution in [0, 0.1) is 0 Å². The van der Waals surface area contributed by atoms with Crippen LogP contribution < -0.4 is 15.0 Å². The predicted molar refractivity (Wildman–Crippen MR) is 136 cm³/mol. The monoisotopic (exact) mass is 508 g/mol. The number of Topliss-reactive ketones (excluding diaryl/α,β-unsaturated/α-hetero) is 1. The van der Waals surface area contributed by atoms with Gasteiger partial charge in [-0.25, -0.2) is 13.4 Å². The minimum Gasteiger partial charge on any atom is -0.497 e. The smallest absolute Gasteiger partial charge is 0.255 e. The van der Waals surface area contributed by atoms with Crippen LogP contribution in [0.25, 0.3) is 0 Å². The van der Waals surface area contributed by atoms with Crippen LogP contribution in [-0.4, -0.2) is 62.7 Å². The SMILES string of the molecule is COc1ccc(CNC(=O)c2cccnc2N2CCN(S(=O)(=O)c3ccc(C(C)=O)cc3)CC2)cc1. The van der Waals surface area contributed by atoms with Crippen molar-refractivity contribution in [3.05, 3.63) is 83.6 Å². The number of sulfonamides is 1. The third-order valence-electron chi connectivity index (χ3n) is 6.08. The maximum Gasteiger partial charge on any atom is 0.255 e. The first kappa shape index (κ1) is 25.3. The zero-order valence-electron chi connectivity index (χ0n) is 20.2. The number of methoxy groups -OCH3 is 1. The van der Waals surface area contributed by atoms with Crippen molar-refractivity contribution >= 4 is 27.5 Å². The summed E-state index contributed by atoms with van der Waals surface area (Å²) in [5, 5.41) is 2.92. The number of benzene rings is 2. The molecule has 0 spiro atoms. The number of rotatable bonds is 8. The van der Waals surface area contributed by atoms with Gasteiger partial charge in [-0.3, -0.25) is 9.59 Å². The topological polar surface area (TPSA) is 109 Å². The maximum atomic E-state index is 13.1. The number of hydrogen-bond acceptors (Lipinski definition) is 7. The molecule has 0 atom stereocenters. The zero-order chi connectivity index (χ0) is 25.7. The van der Waals surface area contributed by atoms with Gasteiger partial charge in [-0.2, -0.15) is 4.31 Å². The third kappa shape index (κ3) is 5.55. The van der Waals surface area contributed by atoms with Gasteiger partial charge < -0.3 is 15.0 Å². The van der Waals surface area contributed by atoms with E-state index in [9.17, 15) is 18.0 Å². The number of carbonyl (C=O) groups excluding carboxylic acids is 2. The molecule has 10 heteroatoms. The molecule has 1 aliphatic heterocycles. The Morgan fingerprint density at radius 3 is 2.25 bits per heavy atom. The number of ketones is 1. The molecule has 3 aromatic rings. The number of carbonyl (C=O) groups is 2. The normalized spacial score (nSPS) is 14.3. The number of anilines is 1. The molecule has 1 N–H and O–H groups in total. The van der Waals surface area contributed by atoms with Crippen LogP contribution in [0.2, 0.25) is 0 Å². The van der Waals surface area contributed by atoms with Gasteiger partial charge in [-0.1, -0.05) is 24.3 Å². The number of nitrogens with one attached hydrogen (secondary N) is 1. The van der Waals surface area contributed by atoms with E-state index in [1.54, 1.807) is 25.4 Å². The van der Waals surface area contributed by atoms with Gasteiger partial charge in [-0.05, 0) is 48.9 Å². The van der Waals surface area contributed by atoms with Crippen molar-refractivity contribution in [2.24, 2.45) is 0 Å². The van der Waals surface area contributed by atoms with Gasteiger partial charge in [0, 0.05) is 44.5 Å². The molecule has 1 aromatic heterocycles. The van der Waals surface area contributed by atoms with Gasteiger partial charge >= 0.3 is 0 Å². The van der Waals surface area contributed by atoms with Crippen LogP contribution in [0.5, 0.6) is 5.75 Å². The Balaban J connectivity index is 1.41. The summed E-state index contributed by atoms with van der Waals surface area (Å²) in [7, 11) is -2.09. The summed E-state index contributed by atoms with van der Waals surface area (Å²) in [5.74, 6) is 0.891. The lowest BCUT2D eigenvalue weighted by Crippen LogP contribution is -2.49. The number of piperazine rings is 1. The van der Waals surface area contributed by atoms with Crippen LogP contribution in [0.1, 0.15) is 33.2 Å². The molecule has 0 bridgehead atoms. The van der Waals surface area contributed by atoms with Crippen molar-refractivity contribution in [2.45, 2.75) is 18.4 Å². The summed E-state index contributed by atoms with van der Waals surface area (Å²) >= 11 is 0. The first-order valence-corrected chi connectivity index (χ1v) is 13.0. The lowest BCUT2D eigenvalue weighted by Gasteiger charge is -2.35. The van der Waals surface area contributed by atoms with Gasteiger partial charge in [0.15, 0.2) is 5.78 Å². The van der Waals surface area contributed by atoms with Crippen LogP contribution in [0.4, 0.5) is 5.82 Å². The highest BCUT2D eigenvalue weighted by Crippen LogP contribution is 2.23. The lowest BCUT2D eigenvalue weighted by atomic mass is 10.2. The molecule has 9 nitrogen and oxygen atoms in total. The summed E-state index contributed by atoms with van der Waals surface area (Å²) in [6.45, 7) is 3.07. The summed E-state index contributed by atoms with van der Waals surface area (Å²) in [6, 6.07) is 16.8. The number of amides is 1. The van der Waals surface area contributed by atoms with Crippen molar-refractivity contribution in [1.82, 2.24) is 14.6 Å². The van der Waals surface area contributed by atoms with Gasteiger partial charge in [-0.15, -0.1) is 0 Å². The molecule has 1 aliphatic rings. The van der Waals surface area contributed by atoms with E-state index in [1.165, 1.54) is 35.5 Å². The van der Waals surface area contributed by atoms with Gasteiger partial charge in [0.25, 0.3) is 5.91 Å². The first-order valence-electron chi connectivity index (χ1n) is 11.5. The Hall–Kier alpha value is -3.76. The molecule has 188 valence electrons. The Morgan fingerprint density at radius 1 is 0.972 bits per heavy atom. The fourth-order valence-corrected chi connectivity index (χ4v) is 5.42. The molecule has 0 radical (unpaired) electrons. The van der Waals surface area contributed by atoms with E-state index < -0.39 is 10.0 Å². The van der Waals surface area contributed by atoms with E-state index in [-0.39, 0.29) is 29.7 Å². The van der Waals surface area contributed by atoms with Crippen LogP contribution in [0.15, 0.2) is 71.8 Å². The van der Waals surface area contributed by atoms with Crippen molar-refractivity contribution in [3.8, 4) is 5.75 Å². The largest absolute Gasteiger partial charge is 0.497 e. The molecule has 4 rings (SSSR count). The standard InChI is InChI=1S/C26H28N4O5S/c1-19(31)21-7-11-23(12-8-21)36(33,34)30-16-14-29(15-17-30)25-24(4-3-13-27-25)26(32)28-18-20-5-9-22(35-2)10-6-20/h3-13H,14-18H2,1-2H3,(H,28,32). The molecule has 0 aliphatic carbocycles.